The van der Waals surface area contributed by atoms with Crippen LogP contribution in [0, 0.1) is 12.8 Å². The predicted molar refractivity (Wildman–Crippen MR) is 142 cm³/mol. The summed E-state index contributed by atoms with van der Waals surface area (Å²) < 4.78 is 79.9. The summed E-state index contributed by atoms with van der Waals surface area (Å²) in [6, 6.07) is 4.15. The number of rotatable bonds is 10. The minimum Gasteiger partial charge on any atom is -0.481 e. The second kappa shape index (κ2) is 12.7. The van der Waals surface area contributed by atoms with Crippen LogP contribution in [-0.4, -0.2) is 59.2 Å². The van der Waals surface area contributed by atoms with Gasteiger partial charge in [-0.25, -0.2) is 9.97 Å². The molecule has 0 spiro atoms. The summed E-state index contributed by atoms with van der Waals surface area (Å²) in [5.41, 5.74) is 0.344. The molecule has 0 aliphatic carbocycles. The van der Waals surface area contributed by atoms with Gasteiger partial charge in [0, 0.05) is 38.7 Å². The number of halogens is 6. The molecule has 1 atom stereocenters. The Morgan fingerprint density at radius 2 is 1.67 bits per heavy atom. The molecule has 1 aromatic heterocycles. The second-order valence-corrected chi connectivity index (χ2v) is 10.8. The van der Waals surface area contributed by atoms with E-state index in [2.05, 4.69) is 15.3 Å². The highest BCUT2D eigenvalue weighted by Gasteiger charge is 2.40. The minimum absolute atomic E-state index is 0.000825. The van der Waals surface area contributed by atoms with Crippen LogP contribution in [0.4, 0.5) is 38.0 Å². The van der Waals surface area contributed by atoms with E-state index in [1.807, 2.05) is 0 Å². The molecule has 3 heterocycles. The molecular weight excluding hydrogens is 568 g/mol. The first kappa shape index (κ1) is 31.4. The maximum atomic E-state index is 13.7. The number of anilines is 2. The van der Waals surface area contributed by atoms with Crippen molar-refractivity contribution >= 4 is 23.5 Å². The number of carbonyl (C=O) groups excluding carboxylic acids is 1. The number of alkyl halides is 6. The summed E-state index contributed by atoms with van der Waals surface area (Å²) in [4.78, 5) is 34.4. The number of piperidine rings is 1. The lowest BCUT2D eigenvalue weighted by atomic mass is 9.91. The summed E-state index contributed by atoms with van der Waals surface area (Å²) in [7, 11) is 0. The molecule has 4 rings (SSSR count). The number of aliphatic carboxylic acids is 1. The summed E-state index contributed by atoms with van der Waals surface area (Å²) >= 11 is 0. The van der Waals surface area contributed by atoms with Gasteiger partial charge in [-0.2, -0.15) is 26.3 Å². The molecule has 1 amide bonds. The number of nitrogens with one attached hydrogen (secondary N) is 1. The quantitative estimate of drug-likeness (QED) is 0.360. The molecule has 2 aromatic rings. The van der Waals surface area contributed by atoms with Crippen molar-refractivity contribution in [2.75, 3.05) is 36.0 Å². The van der Waals surface area contributed by atoms with Crippen LogP contribution in [0.15, 0.2) is 24.3 Å². The van der Waals surface area contributed by atoms with Crippen LogP contribution in [0.5, 0.6) is 0 Å². The lowest BCUT2D eigenvalue weighted by Crippen LogP contribution is -2.57. The number of carboxylic acid groups (broad SMARTS) is 1. The van der Waals surface area contributed by atoms with Crippen molar-refractivity contribution in [2.45, 2.75) is 70.3 Å². The number of hydrogen-bond acceptors (Lipinski definition) is 6. The highest BCUT2D eigenvalue weighted by Crippen LogP contribution is 2.35. The Bertz CT molecular complexity index is 1280. The molecule has 2 N–H and O–H groups in total. The molecule has 0 unspecified atom stereocenters. The number of benzene rings is 1. The maximum Gasteiger partial charge on any atom is 0.451 e. The normalized spacial score (nSPS) is 18.1. The van der Waals surface area contributed by atoms with Gasteiger partial charge in [0.25, 0.3) is 0 Å². The monoisotopic (exact) mass is 601 g/mol. The van der Waals surface area contributed by atoms with Crippen LogP contribution in [0.25, 0.3) is 0 Å². The topological polar surface area (TPSA) is 98.7 Å². The number of aromatic nitrogens is 2. The van der Waals surface area contributed by atoms with Crippen LogP contribution < -0.4 is 15.1 Å². The molecule has 2 fully saturated rings. The van der Waals surface area contributed by atoms with E-state index in [-0.39, 0.29) is 24.6 Å². The molecule has 8 nitrogen and oxygen atoms in total. The van der Waals surface area contributed by atoms with E-state index in [1.54, 1.807) is 11.8 Å². The van der Waals surface area contributed by atoms with Crippen molar-refractivity contribution in [3.8, 4) is 0 Å². The molecular formula is C28H33F6N5O3. The number of carboxylic acids is 1. The van der Waals surface area contributed by atoms with E-state index in [0.717, 1.165) is 18.6 Å². The van der Waals surface area contributed by atoms with Gasteiger partial charge in [-0.1, -0.05) is 6.07 Å². The van der Waals surface area contributed by atoms with Gasteiger partial charge in [0.15, 0.2) is 0 Å². The van der Waals surface area contributed by atoms with Crippen LogP contribution in [0.2, 0.25) is 0 Å². The summed E-state index contributed by atoms with van der Waals surface area (Å²) in [5.74, 6) is -2.13. The van der Waals surface area contributed by atoms with Gasteiger partial charge in [0.05, 0.1) is 5.56 Å². The number of amides is 1. The Labute approximate surface area is 239 Å². The van der Waals surface area contributed by atoms with Gasteiger partial charge in [-0.05, 0) is 74.6 Å². The van der Waals surface area contributed by atoms with Crippen molar-refractivity contribution in [2.24, 2.45) is 5.92 Å². The van der Waals surface area contributed by atoms with Crippen molar-refractivity contribution in [1.82, 2.24) is 15.3 Å². The fraction of sp³-hybridized carbons (Fsp3) is 0.571. The van der Waals surface area contributed by atoms with Crippen molar-refractivity contribution in [3.63, 3.8) is 0 Å². The molecule has 2 saturated heterocycles. The number of carbonyl (C=O) groups is 2. The lowest BCUT2D eigenvalue weighted by molar-refractivity contribution is -0.145. The van der Waals surface area contributed by atoms with E-state index in [9.17, 15) is 35.9 Å². The Morgan fingerprint density at radius 3 is 2.24 bits per heavy atom. The zero-order chi connectivity index (χ0) is 30.7. The number of nitrogens with zero attached hydrogens (tertiary/aromatic N) is 4. The summed E-state index contributed by atoms with van der Waals surface area (Å²) in [5, 5.41) is 11.6. The molecule has 42 heavy (non-hydrogen) atoms. The first-order valence-electron chi connectivity index (χ1n) is 13.9. The van der Waals surface area contributed by atoms with Crippen molar-refractivity contribution in [3.05, 3.63) is 46.8 Å². The third-order valence-corrected chi connectivity index (χ3v) is 7.87. The van der Waals surface area contributed by atoms with Crippen molar-refractivity contribution in [1.29, 1.82) is 0 Å². The first-order chi connectivity index (χ1) is 19.7. The molecule has 2 aliphatic heterocycles. The van der Waals surface area contributed by atoms with Gasteiger partial charge in [-0.15, -0.1) is 0 Å². The predicted octanol–water partition coefficient (Wildman–Crippen LogP) is 5.23. The van der Waals surface area contributed by atoms with E-state index >= 15 is 0 Å². The first-order valence-corrected chi connectivity index (χ1v) is 13.9. The molecule has 230 valence electrons. The van der Waals surface area contributed by atoms with E-state index in [1.165, 1.54) is 17.0 Å². The van der Waals surface area contributed by atoms with Crippen LogP contribution in [0.1, 0.15) is 61.0 Å². The van der Waals surface area contributed by atoms with Gasteiger partial charge in [0.1, 0.15) is 17.7 Å². The van der Waals surface area contributed by atoms with Gasteiger partial charge in [-0.3, -0.25) is 9.59 Å². The van der Waals surface area contributed by atoms with E-state index < -0.39 is 41.7 Å². The largest absolute Gasteiger partial charge is 0.481 e. The van der Waals surface area contributed by atoms with Crippen molar-refractivity contribution < 1.29 is 41.0 Å². The van der Waals surface area contributed by atoms with Gasteiger partial charge in [0.2, 0.25) is 11.7 Å². The Balaban J connectivity index is 1.38. The Morgan fingerprint density at radius 1 is 0.976 bits per heavy atom. The Kier molecular flexibility index (Phi) is 9.51. The molecule has 2 aliphatic rings. The van der Waals surface area contributed by atoms with E-state index in [0.29, 0.717) is 68.8 Å². The zero-order valence-corrected chi connectivity index (χ0v) is 23.1. The zero-order valence-electron chi connectivity index (χ0n) is 23.1. The lowest BCUT2D eigenvalue weighted by Gasteiger charge is -2.41. The smallest absolute Gasteiger partial charge is 0.451 e. The second-order valence-electron chi connectivity index (χ2n) is 10.8. The van der Waals surface area contributed by atoms with Gasteiger partial charge >= 0.3 is 18.3 Å². The Hall–Kier alpha value is -3.58. The SMILES string of the molecule is Cc1cc(C(F)(F)F)ccc1CCNC(=O)[C@@H]1CCN1c1cc(N2CCC(CCCC(=O)O)CC2)nc(C(F)(F)F)n1. The third kappa shape index (κ3) is 7.82. The molecule has 14 heteroatoms. The highest BCUT2D eigenvalue weighted by atomic mass is 19.4. The minimum atomic E-state index is -4.79. The van der Waals surface area contributed by atoms with E-state index in [4.69, 9.17) is 5.11 Å². The standard InChI is InChI=1S/C28H33F6N5O3/c1-17-15-20(27(29,30)31)6-5-19(17)7-11-35-25(42)21-10-14-39(21)23-16-22(36-26(37-23)28(32,33)34)38-12-8-18(9-13-38)3-2-4-24(40)41/h5-6,15-16,18,21H,2-4,7-14H2,1H3,(H,35,42)(H,40,41)/t21-/m0/s1. The van der Waals surface area contributed by atoms with Gasteiger partial charge < -0.3 is 20.2 Å². The fourth-order valence-electron chi connectivity index (χ4n) is 5.38. The molecule has 0 bridgehead atoms. The number of aryl methyl sites for hydroxylation is 1. The van der Waals surface area contributed by atoms with Crippen LogP contribution in [0.3, 0.4) is 0 Å². The number of hydrogen-bond donors (Lipinski definition) is 2. The van der Waals surface area contributed by atoms with Crippen LogP contribution >= 0.6 is 0 Å². The molecule has 0 radical (unpaired) electrons. The summed E-state index contributed by atoms with van der Waals surface area (Å²) in [6.07, 6.45) is -5.74. The third-order valence-electron chi connectivity index (χ3n) is 7.87. The molecule has 1 aromatic carbocycles. The maximum absolute atomic E-state index is 13.7. The molecule has 0 saturated carbocycles. The fourth-order valence-corrected chi connectivity index (χ4v) is 5.38. The van der Waals surface area contributed by atoms with Crippen LogP contribution in [-0.2, 0) is 28.4 Å². The average Bonchev–Trinajstić information content (AvgIpc) is 2.88. The highest BCUT2D eigenvalue weighted by molar-refractivity contribution is 5.86. The average molecular weight is 602 g/mol. The summed E-state index contributed by atoms with van der Waals surface area (Å²) in [6.45, 7) is 2.99.